The quantitative estimate of drug-likeness (QED) is 0.835. The summed E-state index contributed by atoms with van der Waals surface area (Å²) < 4.78 is 5.97. The summed E-state index contributed by atoms with van der Waals surface area (Å²) in [5.74, 6) is -0.651. The van der Waals surface area contributed by atoms with Crippen LogP contribution in [0.4, 0.5) is 0 Å². The molecule has 0 aromatic heterocycles. The molecular formula is C15H18BrNO5. The number of carbonyl (C=O) groups is 2. The highest BCUT2D eigenvalue weighted by Crippen LogP contribution is 2.26. The highest BCUT2D eigenvalue weighted by Gasteiger charge is 2.40. The fraction of sp³-hybridized carbons (Fsp3) is 0.467. The first-order valence-electron chi connectivity index (χ1n) is 6.92. The van der Waals surface area contributed by atoms with Gasteiger partial charge in [-0.05, 0) is 23.8 Å². The van der Waals surface area contributed by atoms with Crippen LogP contribution in [0.15, 0.2) is 22.7 Å². The Labute approximate surface area is 136 Å². The zero-order valence-corrected chi connectivity index (χ0v) is 13.8. The van der Waals surface area contributed by atoms with Crippen LogP contribution < -0.4 is 4.74 Å². The van der Waals surface area contributed by atoms with Crippen LogP contribution in [0.3, 0.4) is 0 Å². The van der Waals surface area contributed by atoms with Gasteiger partial charge in [0.2, 0.25) is 5.91 Å². The summed E-state index contributed by atoms with van der Waals surface area (Å²) in [7, 11) is 1.56. The molecule has 120 valence electrons. The van der Waals surface area contributed by atoms with Crippen molar-refractivity contribution in [1.82, 2.24) is 4.90 Å². The fourth-order valence-corrected chi connectivity index (χ4v) is 2.81. The second-order valence-electron chi connectivity index (χ2n) is 5.35. The number of hydrogen-bond donors (Lipinski definition) is 2. The largest absolute Gasteiger partial charge is 0.497 e. The van der Waals surface area contributed by atoms with Crippen molar-refractivity contribution in [2.45, 2.75) is 24.9 Å². The lowest BCUT2D eigenvalue weighted by Crippen LogP contribution is -2.51. The summed E-state index contributed by atoms with van der Waals surface area (Å²) in [6, 6.07) is 5.41. The predicted molar refractivity (Wildman–Crippen MR) is 82.8 cm³/mol. The van der Waals surface area contributed by atoms with Crippen molar-refractivity contribution in [2.24, 2.45) is 0 Å². The van der Waals surface area contributed by atoms with Gasteiger partial charge < -0.3 is 19.8 Å². The molecule has 1 fully saturated rings. The molecule has 1 aromatic rings. The number of halogens is 1. The summed E-state index contributed by atoms with van der Waals surface area (Å²) in [4.78, 5) is 24.9. The van der Waals surface area contributed by atoms with E-state index < -0.39 is 11.6 Å². The molecule has 1 saturated heterocycles. The smallest absolute Gasteiger partial charge is 0.335 e. The first kappa shape index (κ1) is 16.8. The number of piperidine rings is 1. The number of carbonyl (C=O) groups excluding carboxylic acids is 1. The van der Waals surface area contributed by atoms with Crippen molar-refractivity contribution in [3.8, 4) is 5.75 Å². The van der Waals surface area contributed by atoms with Gasteiger partial charge in [0.25, 0.3) is 0 Å². The zero-order chi connectivity index (χ0) is 16.3. The summed E-state index contributed by atoms with van der Waals surface area (Å²) in [6.45, 7) is 0.479. The Kier molecular flexibility index (Phi) is 5.08. The second kappa shape index (κ2) is 6.66. The third-order valence-corrected chi connectivity index (χ3v) is 4.71. The van der Waals surface area contributed by atoms with Crippen molar-refractivity contribution in [3.63, 3.8) is 0 Å². The van der Waals surface area contributed by atoms with Crippen LogP contribution in [0, 0.1) is 0 Å². The molecule has 0 bridgehead atoms. The molecule has 0 unspecified atom stereocenters. The number of rotatable bonds is 4. The van der Waals surface area contributed by atoms with Gasteiger partial charge in [0.05, 0.1) is 13.5 Å². The van der Waals surface area contributed by atoms with E-state index in [9.17, 15) is 14.7 Å². The van der Waals surface area contributed by atoms with Crippen molar-refractivity contribution in [3.05, 3.63) is 28.2 Å². The van der Waals surface area contributed by atoms with Gasteiger partial charge in [0.1, 0.15) is 5.75 Å². The summed E-state index contributed by atoms with van der Waals surface area (Å²) in [5, 5.41) is 18.9. The number of ether oxygens (including phenoxy) is 1. The lowest BCUT2D eigenvalue weighted by molar-refractivity contribution is -0.165. The molecule has 0 atom stereocenters. The zero-order valence-electron chi connectivity index (χ0n) is 12.2. The van der Waals surface area contributed by atoms with Gasteiger partial charge >= 0.3 is 5.97 Å². The first-order chi connectivity index (χ1) is 10.4. The van der Waals surface area contributed by atoms with Crippen LogP contribution in [0.25, 0.3) is 0 Å². The fourth-order valence-electron chi connectivity index (χ4n) is 2.43. The Morgan fingerprint density at radius 1 is 1.36 bits per heavy atom. The van der Waals surface area contributed by atoms with E-state index in [1.807, 2.05) is 6.07 Å². The van der Waals surface area contributed by atoms with Crippen LogP contribution in [0.5, 0.6) is 5.75 Å². The van der Waals surface area contributed by atoms with Gasteiger partial charge in [-0.3, -0.25) is 4.79 Å². The molecule has 1 amide bonds. The Morgan fingerprint density at radius 2 is 2.00 bits per heavy atom. The maximum atomic E-state index is 12.3. The van der Waals surface area contributed by atoms with Gasteiger partial charge in [0.15, 0.2) is 5.60 Å². The van der Waals surface area contributed by atoms with E-state index in [1.54, 1.807) is 24.1 Å². The number of nitrogens with zero attached hydrogens (tertiary/aromatic N) is 1. The van der Waals surface area contributed by atoms with Crippen LogP contribution in [-0.2, 0) is 16.0 Å². The minimum Gasteiger partial charge on any atom is -0.497 e. The molecule has 0 radical (unpaired) electrons. The molecule has 7 heteroatoms. The summed E-state index contributed by atoms with van der Waals surface area (Å²) in [6.07, 6.45) is 0.296. The SMILES string of the molecule is COc1ccc(Br)c(CC(=O)N2CCC(O)(C(=O)O)CC2)c1. The molecule has 0 aliphatic carbocycles. The molecular weight excluding hydrogens is 354 g/mol. The topological polar surface area (TPSA) is 87.1 Å². The van der Waals surface area contributed by atoms with E-state index in [0.717, 1.165) is 10.0 Å². The molecule has 6 nitrogen and oxygen atoms in total. The Bertz CT molecular complexity index is 581. The molecule has 2 rings (SSSR count). The van der Waals surface area contributed by atoms with E-state index in [-0.39, 0.29) is 38.3 Å². The minimum atomic E-state index is -1.71. The number of benzene rings is 1. The molecule has 1 aromatic carbocycles. The van der Waals surface area contributed by atoms with E-state index in [0.29, 0.717) is 5.75 Å². The van der Waals surface area contributed by atoms with Crippen molar-refractivity contribution in [1.29, 1.82) is 0 Å². The number of methoxy groups -OCH3 is 1. The summed E-state index contributed by atoms with van der Waals surface area (Å²) in [5.41, 5.74) is -0.906. The Morgan fingerprint density at radius 3 is 2.55 bits per heavy atom. The number of amides is 1. The Balaban J connectivity index is 2.01. The number of carboxylic acid groups (broad SMARTS) is 1. The van der Waals surface area contributed by atoms with Crippen LogP contribution in [-0.4, -0.2) is 52.8 Å². The van der Waals surface area contributed by atoms with Gasteiger partial charge in [-0.25, -0.2) is 4.79 Å². The van der Waals surface area contributed by atoms with Crippen LogP contribution in [0.1, 0.15) is 18.4 Å². The van der Waals surface area contributed by atoms with Crippen molar-refractivity contribution >= 4 is 27.8 Å². The average molecular weight is 372 g/mol. The number of likely N-dealkylation sites (tertiary alicyclic amines) is 1. The third kappa shape index (κ3) is 3.59. The molecule has 1 aliphatic rings. The maximum Gasteiger partial charge on any atom is 0.335 e. The van der Waals surface area contributed by atoms with Gasteiger partial charge in [-0.2, -0.15) is 0 Å². The number of aliphatic carboxylic acids is 1. The summed E-state index contributed by atoms with van der Waals surface area (Å²) >= 11 is 3.41. The first-order valence-corrected chi connectivity index (χ1v) is 7.71. The molecule has 1 aliphatic heterocycles. The molecule has 22 heavy (non-hydrogen) atoms. The van der Waals surface area contributed by atoms with Crippen molar-refractivity contribution in [2.75, 3.05) is 20.2 Å². The Hall–Kier alpha value is -1.60. The molecule has 2 N–H and O–H groups in total. The minimum absolute atomic E-state index is 0.0490. The van der Waals surface area contributed by atoms with Crippen LogP contribution >= 0.6 is 15.9 Å². The van der Waals surface area contributed by atoms with E-state index in [1.165, 1.54) is 0 Å². The molecule has 0 saturated carbocycles. The highest BCUT2D eigenvalue weighted by atomic mass is 79.9. The van der Waals surface area contributed by atoms with E-state index in [2.05, 4.69) is 15.9 Å². The number of aliphatic hydroxyl groups is 1. The standard InChI is InChI=1S/C15H18BrNO5/c1-22-11-2-3-12(16)10(8-11)9-13(18)17-6-4-15(21,5-7-17)14(19)20/h2-3,8,21H,4-7,9H2,1H3,(H,19,20). The predicted octanol–water partition coefficient (Wildman–Crippen LogP) is 1.44. The van der Waals surface area contributed by atoms with Gasteiger partial charge in [-0.1, -0.05) is 15.9 Å². The van der Waals surface area contributed by atoms with Gasteiger partial charge in [0, 0.05) is 30.4 Å². The lowest BCUT2D eigenvalue weighted by atomic mass is 9.91. The number of carboxylic acids is 1. The van der Waals surface area contributed by atoms with Gasteiger partial charge in [-0.15, -0.1) is 0 Å². The molecule has 1 heterocycles. The van der Waals surface area contributed by atoms with Crippen molar-refractivity contribution < 1.29 is 24.5 Å². The normalized spacial score (nSPS) is 17.1. The number of hydrogen-bond acceptors (Lipinski definition) is 4. The highest BCUT2D eigenvalue weighted by molar-refractivity contribution is 9.10. The monoisotopic (exact) mass is 371 g/mol. The average Bonchev–Trinajstić information content (AvgIpc) is 2.50. The molecule has 0 spiro atoms. The third-order valence-electron chi connectivity index (χ3n) is 3.94. The second-order valence-corrected chi connectivity index (χ2v) is 6.21. The van der Waals surface area contributed by atoms with E-state index in [4.69, 9.17) is 9.84 Å². The van der Waals surface area contributed by atoms with E-state index >= 15 is 0 Å². The maximum absolute atomic E-state index is 12.3. The lowest BCUT2D eigenvalue weighted by Gasteiger charge is -2.35. The van der Waals surface area contributed by atoms with Crippen LogP contribution in [0.2, 0.25) is 0 Å².